The number of morpholine rings is 1. The van der Waals surface area contributed by atoms with Crippen LogP contribution in [0.4, 0.5) is 0 Å². The number of nitrogens with two attached hydrogens (primary N) is 1. The molecular formula is C11H22N4O. The van der Waals surface area contributed by atoms with E-state index in [-0.39, 0.29) is 0 Å². The molecule has 5 heteroatoms. The number of aliphatic imine (C=N–C) groups is 1. The summed E-state index contributed by atoms with van der Waals surface area (Å²) in [6, 6.07) is 0.583. The largest absolute Gasteiger partial charge is 0.378 e. The molecule has 0 spiro atoms. The van der Waals surface area contributed by atoms with E-state index >= 15 is 0 Å². The van der Waals surface area contributed by atoms with Gasteiger partial charge in [-0.15, -0.1) is 0 Å². The molecule has 2 heterocycles. The predicted molar refractivity (Wildman–Crippen MR) is 64.5 cm³/mol. The Bertz CT molecular complexity index is 250. The molecule has 1 atom stereocenters. The standard InChI is InChI=1S/C11H22N4O/c1-14-4-2-3-10(14)9-13-11(12)15-5-7-16-8-6-15/h10H,2-9H2,1H3,(H2,12,13). The Morgan fingerprint density at radius 2 is 2.12 bits per heavy atom. The molecule has 92 valence electrons. The van der Waals surface area contributed by atoms with Crippen LogP contribution >= 0.6 is 0 Å². The van der Waals surface area contributed by atoms with Crippen LogP contribution in [-0.2, 0) is 4.74 Å². The summed E-state index contributed by atoms with van der Waals surface area (Å²) in [6.07, 6.45) is 2.53. The number of rotatable bonds is 2. The summed E-state index contributed by atoms with van der Waals surface area (Å²) in [6.45, 7) is 5.29. The maximum Gasteiger partial charge on any atom is 0.191 e. The summed E-state index contributed by atoms with van der Waals surface area (Å²) >= 11 is 0. The van der Waals surface area contributed by atoms with E-state index < -0.39 is 0 Å². The van der Waals surface area contributed by atoms with E-state index in [0.717, 1.165) is 32.8 Å². The first-order chi connectivity index (χ1) is 7.77. The minimum Gasteiger partial charge on any atom is -0.378 e. The first-order valence-electron chi connectivity index (χ1n) is 6.10. The third-order valence-electron chi connectivity index (χ3n) is 3.47. The number of nitrogens with zero attached hydrogens (tertiary/aromatic N) is 3. The van der Waals surface area contributed by atoms with Gasteiger partial charge in [-0.3, -0.25) is 4.99 Å². The lowest BCUT2D eigenvalue weighted by molar-refractivity contribution is 0.0673. The van der Waals surface area contributed by atoms with Crippen LogP contribution in [0, 0.1) is 0 Å². The third-order valence-corrected chi connectivity index (χ3v) is 3.47. The molecule has 0 aromatic rings. The van der Waals surface area contributed by atoms with Crippen LogP contribution in [-0.4, -0.2) is 68.2 Å². The van der Waals surface area contributed by atoms with Crippen LogP contribution in [0.5, 0.6) is 0 Å². The second kappa shape index (κ2) is 5.50. The maximum atomic E-state index is 5.97. The second-order valence-electron chi connectivity index (χ2n) is 4.57. The van der Waals surface area contributed by atoms with Crippen LogP contribution in [0.15, 0.2) is 4.99 Å². The summed E-state index contributed by atoms with van der Waals surface area (Å²) in [5, 5.41) is 0. The lowest BCUT2D eigenvalue weighted by Gasteiger charge is -2.28. The van der Waals surface area contributed by atoms with Crippen molar-refractivity contribution in [3.8, 4) is 0 Å². The number of likely N-dealkylation sites (N-methyl/N-ethyl adjacent to an activating group) is 1. The molecule has 2 aliphatic heterocycles. The smallest absolute Gasteiger partial charge is 0.191 e. The normalized spacial score (nSPS) is 28.7. The van der Waals surface area contributed by atoms with Crippen molar-refractivity contribution in [3.05, 3.63) is 0 Å². The molecule has 0 aromatic carbocycles. The van der Waals surface area contributed by atoms with Gasteiger partial charge in [-0.05, 0) is 26.4 Å². The first kappa shape index (κ1) is 11.7. The monoisotopic (exact) mass is 226 g/mol. The highest BCUT2D eigenvalue weighted by Crippen LogP contribution is 2.14. The van der Waals surface area contributed by atoms with Crippen molar-refractivity contribution in [1.29, 1.82) is 0 Å². The van der Waals surface area contributed by atoms with Gasteiger partial charge in [0.25, 0.3) is 0 Å². The lowest BCUT2D eigenvalue weighted by atomic mass is 10.2. The van der Waals surface area contributed by atoms with Gasteiger partial charge in [-0.2, -0.15) is 0 Å². The Kier molecular flexibility index (Phi) is 4.01. The van der Waals surface area contributed by atoms with Crippen LogP contribution in [0.3, 0.4) is 0 Å². The molecule has 5 nitrogen and oxygen atoms in total. The van der Waals surface area contributed by atoms with Gasteiger partial charge in [0.15, 0.2) is 5.96 Å². The van der Waals surface area contributed by atoms with E-state index in [2.05, 4.69) is 21.8 Å². The van der Waals surface area contributed by atoms with Crippen LogP contribution in [0.1, 0.15) is 12.8 Å². The average molecular weight is 226 g/mol. The zero-order valence-electron chi connectivity index (χ0n) is 10.1. The number of guanidine groups is 1. The van der Waals surface area contributed by atoms with E-state index in [1.165, 1.54) is 19.4 Å². The number of ether oxygens (including phenoxy) is 1. The van der Waals surface area contributed by atoms with E-state index in [9.17, 15) is 0 Å². The molecule has 2 rings (SSSR count). The highest BCUT2D eigenvalue weighted by molar-refractivity contribution is 5.78. The quantitative estimate of drug-likeness (QED) is 0.520. The van der Waals surface area contributed by atoms with Crippen LogP contribution in [0.25, 0.3) is 0 Å². The topological polar surface area (TPSA) is 54.1 Å². The SMILES string of the molecule is CN1CCCC1CN=C(N)N1CCOCC1. The molecule has 2 N–H and O–H groups in total. The average Bonchev–Trinajstić information content (AvgIpc) is 2.73. The van der Waals surface area contributed by atoms with Gasteiger partial charge in [0.2, 0.25) is 0 Å². The highest BCUT2D eigenvalue weighted by Gasteiger charge is 2.20. The van der Waals surface area contributed by atoms with Crippen molar-refractivity contribution >= 4 is 5.96 Å². The molecule has 0 bridgehead atoms. The van der Waals surface area contributed by atoms with Crippen LogP contribution in [0.2, 0.25) is 0 Å². The molecule has 1 unspecified atom stereocenters. The predicted octanol–water partition coefficient (Wildman–Crippen LogP) is -0.272. The van der Waals surface area contributed by atoms with Crippen molar-refractivity contribution < 1.29 is 4.74 Å². The molecule has 0 radical (unpaired) electrons. The van der Waals surface area contributed by atoms with Crippen molar-refractivity contribution in [1.82, 2.24) is 9.80 Å². The minimum absolute atomic E-state index is 0.583. The van der Waals surface area contributed by atoms with Crippen molar-refractivity contribution in [2.45, 2.75) is 18.9 Å². The van der Waals surface area contributed by atoms with Gasteiger partial charge in [-0.1, -0.05) is 0 Å². The van der Waals surface area contributed by atoms with Crippen molar-refractivity contribution in [3.63, 3.8) is 0 Å². The summed E-state index contributed by atoms with van der Waals surface area (Å²) in [5.41, 5.74) is 5.97. The molecule has 0 saturated carbocycles. The molecule has 0 aromatic heterocycles. The van der Waals surface area contributed by atoms with Gasteiger partial charge in [-0.25, -0.2) is 0 Å². The zero-order chi connectivity index (χ0) is 11.4. The fraction of sp³-hybridized carbons (Fsp3) is 0.909. The molecular weight excluding hydrogens is 204 g/mol. The molecule has 0 amide bonds. The van der Waals surface area contributed by atoms with E-state index in [0.29, 0.717) is 12.0 Å². The van der Waals surface area contributed by atoms with Crippen molar-refractivity contribution in [2.24, 2.45) is 10.7 Å². The highest BCUT2D eigenvalue weighted by atomic mass is 16.5. The van der Waals surface area contributed by atoms with E-state index in [1.807, 2.05) is 0 Å². The second-order valence-corrected chi connectivity index (χ2v) is 4.57. The van der Waals surface area contributed by atoms with Crippen LogP contribution < -0.4 is 5.73 Å². The van der Waals surface area contributed by atoms with E-state index in [4.69, 9.17) is 10.5 Å². The number of hydrogen-bond acceptors (Lipinski definition) is 3. The Hall–Kier alpha value is -0.810. The fourth-order valence-electron chi connectivity index (χ4n) is 2.30. The zero-order valence-corrected chi connectivity index (χ0v) is 10.1. The fourth-order valence-corrected chi connectivity index (χ4v) is 2.30. The van der Waals surface area contributed by atoms with Gasteiger partial charge in [0, 0.05) is 19.1 Å². The Morgan fingerprint density at radius 1 is 1.38 bits per heavy atom. The lowest BCUT2D eigenvalue weighted by Crippen LogP contribution is -2.45. The summed E-state index contributed by atoms with van der Waals surface area (Å²) in [4.78, 5) is 8.98. The van der Waals surface area contributed by atoms with Gasteiger partial charge >= 0.3 is 0 Å². The van der Waals surface area contributed by atoms with E-state index in [1.54, 1.807) is 0 Å². The number of hydrogen-bond donors (Lipinski definition) is 1. The first-order valence-corrected chi connectivity index (χ1v) is 6.10. The van der Waals surface area contributed by atoms with Gasteiger partial charge in [0.05, 0.1) is 19.8 Å². The molecule has 2 fully saturated rings. The molecule has 2 saturated heterocycles. The van der Waals surface area contributed by atoms with Crippen molar-refractivity contribution in [2.75, 3.05) is 46.4 Å². The number of likely N-dealkylation sites (tertiary alicyclic amines) is 1. The molecule has 16 heavy (non-hydrogen) atoms. The Balaban J connectivity index is 1.81. The third kappa shape index (κ3) is 2.86. The summed E-state index contributed by atoms with van der Waals surface area (Å²) in [5.74, 6) is 0.684. The molecule has 2 aliphatic rings. The summed E-state index contributed by atoms with van der Waals surface area (Å²) in [7, 11) is 2.16. The summed E-state index contributed by atoms with van der Waals surface area (Å²) < 4.78 is 5.28. The Morgan fingerprint density at radius 3 is 2.75 bits per heavy atom. The van der Waals surface area contributed by atoms with Gasteiger partial charge < -0.3 is 20.3 Å². The molecule has 0 aliphatic carbocycles. The minimum atomic E-state index is 0.583. The Labute approximate surface area is 97.2 Å². The maximum absolute atomic E-state index is 5.97. The van der Waals surface area contributed by atoms with Gasteiger partial charge in [0.1, 0.15) is 0 Å².